The molecular formula is C26H30N2O2. The fourth-order valence-corrected chi connectivity index (χ4v) is 3.54. The van der Waals surface area contributed by atoms with Gasteiger partial charge in [-0.25, -0.2) is 0 Å². The average molecular weight is 403 g/mol. The number of H-pyrrole nitrogens is 1. The molecule has 0 spiro atoms. The third kappa shape index (κ3) is 4.57. The number of benzene rings is 2. The summed E-state index contributed by atoms with van der Waals surface area (Å²) < 4.78 is 5.92. The molecule has 3 rings (SSSR count). The van der Waals surface area contributed by atoms with Crippen LogP contribution in [0.1, 0.15) is 57.7 Å². The maximum Gasteiger partial charge on any atom is 0.251 e. The van der Waals surface area contributed by atoms with Crippen molar-refractivity contribution in [3.05, 3.63) is 75.6 Å². The number of pyridine rings is 1. The molecule has 0 aliphatic rings. The third-order valence-corrected chi connectivity index (χ3v) is 5.78. The molecule has 3 aromatic rings. The van der Waals surface area contributed by atoms with Gasteiger partial charge in [0.05, 0.1) is 18.1 Å². The summed E-state index contributed by atoms with van der Waals surface area (Å²) in [5, 5.41) is 10.9. The van der Waals surface area contributed by atoms with Gasteiger partial charge in [0, 0.05) is 17.5 Å². The van der Waals surface area contributed by atoms with Crippen molar-refractivity contribution in [2.24, 2.45) is 0 Å². The van der Waals surface area contributed by atoms with Crippen molar-refractivity contribution in [1.29, 1.82) is 5.26 Å². The first-order chi connectivity index (χ1) is 14.2. The molecule has 0 saturated heterocycles. The van der Waals surface area contributed by atoms with Crippen molar-refractivity contribution in [1.82, 2.24) is 4.98 Å². The summed E-state index contributed by atoms with van der Waals surface area (Å²) in [5.74, 6) is 0.804. The van der Waals surface area contributed by atoms with Gasteiger partial charge >= 0.3 is 0 Å². The van der Waals surface area contributed by atoms with Crippen molar-refractivity contribution < 1.29 is 4.74 Å². The number of nitrogens with one attached hydrogen (secondary N) is 1. The average Bonchev–Trinajstić information content (AvgIpc) is 2.72. The molecule has 0 aliphatic carbocycles. The molecule has 0 aliphatic heterocycles. The molecule has 4 nitrogen and oxygen atoms in total. The smallest absolute Gasteiger partial charge is 0.251 e. The highest BCUT2D eigenvalue weighted by Gasteiger charge is 2.27. The Morgan fingerprint density at radius 2 is 1.67 bits per heavy atom. The zero-order valence-electron chi connectivity index (χ0n) is 18.5. The van der Waals surface area contributed by atoms with Crippen LogP contribution in [0.4, 0.5) is 0 Å². The fraction of sp³-hybridized carbons (Fsp3) is 0.385. The predicted octanol–water partition coefficient (Wildman–Crippen LogP) is 5.64. The topological polar surface area (TPSA) is 65.9 Å². The second-order valence-corrected chi connectivity index (χ2v) is 9.10. The number of nitriles is 1. The van der Waals surface area contributed by atoms with Crippen LogP contribution in [0.15, 0.2) is 53.3 Å². The van der Waals surface area contributed by atoms with Gasteiger partial charge in [0.25, 0.3) is 5.56 Å². The molecule has 156 valence electrons. The Morgan fingerprint density at radius 3 is 2.27 bits per heavy atom. The van der Waals surface area contributed by atoms with Crippen molar-refractivity contribution in [2.75, 3.05) is 6.61 Å². The Morgan fingerprint density at radius 1 is 1.00 bits per heavy atom. The van der Waals surface area contributed by atoms with E-state index in [1.54, 1.807) is 0 Å². The SMILES string of the molecule is CCc1cc2ccc(C(C)(C#N)CCOc3ccc(C(C)(C)C)cc3)cc2[nH]c1=O. The maximum absolute atomic E-state index is 12.2. The normalized spacial score (nSPS) is 13.6. The molecule has 1 unspecified atom stereocenters. The molecule has 0 amide bonds. The first-order valence-corrected chi connectivity index (χ1v) is 10.5. The highest BCUT2D eigenvalue weighted by atomic mass is 16.5. The number of aromatic amines is 1. The van der Waals surface area contributed by atoms with Crippen LogP contribution >= 0.6 is 0 Å². The Kier molecular flexibility index (Phi) is 6.03. The maximum atomic E-state index is 12.2. The summed E-state index contributed by atoms with van der Waals surface area (Å²) in [4.78, 5) is 15.1. The molecule has 0 bridgehead atoms. The van der Waals surface area contributed by atoms with Gasteiger partial charge in [0.2, 0.25) is 0 Å². The molecule has 0 fully saturated rings. The Labute approximate surface area is 178 Å². The molecule has 1 aromatic heterocycles. The number of hydrogen-bond acceptors (Lipinski definition) is 3. The molecule has 0 saturated carbocycles. The van der Waals surface area contributed by atoms with E-state index in [0.717, 1.165) is 27.8 Å². The van der Waals surface area contributed by atoms with Crippen molar-refractivity contribution in [3.63, 3.8) is 0 Å². The second-order valence-electron chi connectivity index (χ2n) is 9.10. The van der Waals surface area contributed by atoms with E-state index in [-0.39, 0.29) is 11.0 Å². The molecule has 30 heavy (non-hydrogen) atoms. The first-order valence-electron chi connectivity index (χ1n) is 10.5. The van der Waals surface area contributed by atoms with Crippen LogP contribution < -0.4 is 10.3 Å². The summed E-state index contributed by atoms with van der Waals surface area (Å²) in [6.07, 6.45) is 1.24. The summed E-state index contributed by atoms with van der Waals surface area (Å²) in [6.45, 7) is 10.9. The zero-order chi connectivity index (χ0) is 21.9. The van der Waals surface area contributed by atoms with Crippen molar-refractivity contribution in [3.8, 4) is 11.8 Å². The number of aromatic nitrogens is 1. The Bertz CT molecular complexity index is 1130. The summed E-state index contributed by atoms with van der Waals surface area (Å²) in [7, 11) is 0. The van der Waals surface area contributed by atoms with E-state index in [0.29, 0.717) is 19.4 Å². The van der Waals surface area contributed by atoms with E-state index < -0.39 is 5.41 Å². The highest BCUT2D eigenvalue weighted by Crippen LogP contribution is 2.30. The van der Waals surface area contributed by atoms with Gasteiger partial charge in [-0.1, -0.05) is 52.0 Å². The zero-order valence-corrected chi connectivity index (χ0v) is 18.5. The summed E-state index contributed by atoms with van der Waals surface area (Å²) >= 11 is 0. The van der Waals surface area contributed by atoms with Gasteiger partial charge in [-0.2, -0.15) is 5.26 Å². The largest absolute Gasteiger partial charge is 0.494 e. The van der Waals surface area contributed by atoms with Crippen molar-refractivity contribution >= 4 is 10.9 Å². The first kappa shape index (κ1) is 21.6. The summed E-state index contributed by atoms with van der Waals surface area (Å²) in [5.41, 5.74) is 2.99. The Balaban J connectivity index is 1.75. The van der Waals surface area contributed by atoms with E-state index in [2.05, 4.69) is 44.0 Å². The van der Waals surface area contributed by atoms with Gasteiger partial charge in [0.15, 0.2) is 0 Å². The molecule has 1 heterocycles. The second kappa shape index (κ2) is 8.36. The van der Waals surface area contributed by atoms with Gasteiger partial charge in [-0.15, -0.1) is 0 Å². The third-order valence-electron chi connectivity index (χ3n) is 5.78. The van der Waals surface area contributed by atoms with Gasteiger partial charge in [-0.3, -0.25) is 4.79 Å². The van der Waals surface area contributed by atoms with E-state index in [4.69, 9.17) is 4.74 Å². The Hall–Kier alpha value is -3.06. The van der Waals surface area contributed by atoms with E-state index in [1.165, 1.54) is 5.56 Å². The minimum atomic E-state index is -0.708. The summed E-state index contributed by atoms with van der Waals surface area (Å²) in [6, 6.07) is 18.4. The van der Waals surface area contributed by atoms with Crippen LogP contribution in [0.25, 0.3) is 10.9 Å². The lowest BCUT2D eigenvalue weighted by Crippen LogP contribution is -2.23. The fourth-order valence-electron chi connectivity index (χ4n) is 3.54. The van der Waals surface area contributed by atoms with Gasteiger partial charge < -0.3 is 9.72 Å². The minimum Gasteiger partial charge on any atom is -0.494 e. The highest BCUT2D eigenvalue weighted by molar-refractivity contribution is 5.80. The standard InChI is InChI=1S/C26H30N2O2/c1-6-18-15-19-7-8-21(16-23(19)28-24(18)29)26(5,17-27)13-14-30-22-11-9-20(10-12-22)25(2,3)4/h7-12,15-16H,6,13-14H2,1-5H3,(H,28,29). The molecular weight excluding hydrogens is 372 g/mol. The van der Waals surface area contributed by atoms with Gasteiger partial charge in [0.1, 0.15) is 5.75 Å². The number of ether oxygens (including phenoxy) is 1. The van der Waals surface area contributed by atoms with Crippen LogP contribution in [-0.4, -0.2) is 11.6 Å². The molecule has 4 heteroatoms. The predicted molar refractivity (Wildman–Crippen MR) is 122 cm³/mol. The minimum absolute atomic E-state index is 0.0668. The number of aryl methyl sites for hydroxylation is 1. The monoisotopic (exact) mass is 402 g/mol. The van der Waals surface area contributed by atoms with Crippen LogP contribution in [0, 0.1) is 11.3 Å². The lowest BCUT2D eigenvalue weighted by molar-refractivity contribution is 0.285. The quantitative estimate of drug-likeness (QED) is 0.580. The van der Waals surface area contributed by atoms with Crippen LogP contribution in [0.2, 0.25) is 0 Å². The van der Waals surface area contributed by atoms with Gasteiger partial charge in [-0.05, 0) is 59.5 Å². The number of fused-ring (bicyclic) bond motifs is 1. The van der Waals surface area contributed by atoms with Crippen molar-refractivity contribution in [2.45, 2.75) is 58.3 Å². The van der Waals surface area contributed by atoms with Crippen LogP contribution in [0.3, 0.4) is 0 Å². The van der Waals surface area contributed by atoms with E-state index >= 15 is 0 Å². The number of nitrogens with zero attached hydrogens (tertiary/aromatic N) is 1. The van der Waals surface area contributed by atoms with Crippen LogP contribution in [-0.2, 0) is 17.3 Å². The molecule has 1 atom stereocenters. The van der Waals surface area contributed by atoms with Crippen LogP contribution in [0.5, 0.6) is 5.75 Å². The van der Waals surface area contributed by atoms with E-state index in [1.807, 2.05) is 50.2 Å². The molecule has 2 aromatic carbocycles. The molecule has 1 N–H and O–H groups in total. The van der Waals surface area contributed by atoms with E-state index in [9.17, 15) is 10.1 Å². The molecule has 0 radical (unpaired) electrons. The lowest BCUT2D eigenvalue weighted by atomic mass is 9.81. The lowest BCUT2D eigenvalue weighted by Gasteiger charge is -2.23. The number of rotatable bonds is 6. The number of hydrogen-bond donors (Lipinski definition) is 1.